The number of nitro groups is 1. The summed E-state index contributed by atoms with van der Waals surface area (Å²) >= 11 is 0. The van der Waals surface area contributed by atoms with Crippen molar-refractivity contribution in [3.8, 4) is 5.75 Å². The Morgan fingerprint density at radius 2 is 1.52 bits per heavy atom. The molecule has 0 aliphatic carbocycles. The standard InChI is InChI=1S/C22H19N3O4/c1-22(2)21(26)24(20-17(29-22)13-14-18(23-20)25(27)28)19(15-9-5-3-6-10-15)16-11-7-4-8-12-16/h3-14,19H,1-2H3. The normalized spacial score (nSPS) is 15.0. The Balaban J connectivity index is 1.97. The quantitative estimate of drug-likeness (QED) is 0.491. The van der Waals surface area contributed by atoms with Gasteiger partial charge in [0.1, 0.15) is 0 Å². The van der Waals surface area contributed by atoms with E-state index in [1.807, 2.05) is 60.7 Å². The molecule has 0 spiro atoms. The first-order valence-electron chi connectivity index (χ1n) is 9.16. The summed E-state index contributed by atoms with van der Waals surface area (Å²) in [5.74, 6) is -0.196. The zero-order valence-electron chi connectivity index (χ0n) is 16.0. The van der Waals surface area contributed by atoms with Gasteiger partial charge in [-0.1, -0.05) is 60.7 Å². The van der Waals surface area contributed by atoms with Crippen molar-refractivity contribution in [3.05, 3.63) is 94.0 Å². The van der Waals surface area contributed by atoms with Gasteiger partial charge in [0.2, 0.25) is 0 Å². The van der Waals surface area contributed by atoms with Crippen LogP contribution in [0.25, 0.3) is 0 Å². The number of hydrogen-bond donors (Lipinski definition) is 0. The molecule has 1 amide bonds. The van der Waals surface area contributed by atoms with E-state index < -0.39 is 16.6 Å². The second-order valence-corrected chi connectivity index (χ2v) is 7.26. The van der Waals surface area contributed by atoms with Crippen LogP contribution in [-0.4, -0.2) is 21.4 Å². The number of carbonyl (C=O) groups excluding carboxylic acids is 1. The molecule has 1 aliphatic heterocycles. The lowest BCUT2D eigenvalue weighted by Crippen LogP contribution is -2.54. The van der Waals surface area contributed by atoms with Gasteiger partial charge in [-0.3, -0.25) is 9.69 Å². The van der Waals surface area contributed by atoms with Crippen LogP contribution >= 0.6 is 0 Å². The van der Waals surface area contributed by atoms with Crippen molar-refractivity contribution in [1.82, 2.24) is 4.98 Å². The Morgan fingerprint density at radius 3 is 2.03 bits per heavy atom. The second kappa shape index (κ2) is 7.01. The number of amides is 1. The van der Waals surface area contributed by atoms with Gasteiger partial charge in [-0.15, -0.1) is 0 Å². The number of anilines is 1. The molecule has 3 aromatic rings. The van der Waals surface area contributed by atoms with Gasteiger partial charge in [-0.25, -0.2) is 0 Å². The third kappa shape index (κ3) is 3.31. The van der Waals surface area contributed by atoms with Gasteiger partial charge >= 0.3 is 5.82 Å². The highest BCUT2D eigenvalue weighted by atomic mass is 16.6. The van der Waals surface area contributed by atoms with Crippen LogP contribution in [0.3, 0.4) is 0 Å². The number of hydrogen-bond acceptors (Lipinski definition) is 5. The van der Waals surface area contributed by atoms with Crippen molar-refractivity contribution < 1.29 is 14.5 Å². The zero-order valence-corrected chi connectivity index (χ0v) is 16.0. The van der Waals surface area contributed by atoms with Gasteiger partial charge in [0.15, 0.2) is 11.4 Å². The van der Waals surface area contributed by atoms with Crippen LogP contribution in [0.15, 0.2) is 72.8 Å². The molecule has 0 unspecified atom stereocenters. The average Bonchev–Trinajstić information content (AvgIpc) is 2.72. The van der Waals surface area contributed by atoms with Crippen molar-refractivity contribution in [3.63, 3.8) is 0 Å². The number of pyridine rings is 1. The molecule has 0 N–H and O–H groups in total. The summed E-state index contributed by atoms with van der Waals surface area (Å²) in [6.45, 7) is 3.36. The van der Waals surface area contributed by atoms with E-state index in [1.54, 1.807) is 13.8 Å². The topological polar surface area (TPSA) is 85.6 Å². The molecule has 29 heavy (non-hydrogen) atoms. The highest BCUT2D eigenvalue weighted by Gasteiger charge is 2.47. The number of ether oxygens (including phenoxy) is 1. The van der Waals surface area contributed by atoms with Gasteiger partial charge in [-0.2, -0.15) is 0 Å². The summed E-state index contributed by atoms with van der Waals surface area (Å²) in [5.41, 5.74) is 0.583. The fourth-order valence-corrected chi connectivity index (χ4v) is 3.49. The first kappa shape index (κ1) is 18.6. The minimum absolute atomic E-state index is 0.140. The maximum atomic E-state index is 13.5. The van der Waals surface area contributed by atoms with Crippen LogP contribution in [0, 0.1) is 10.1 Å². The summed E-state index contributed by atoms with van der Waals surface area (Å²) in [4.78, 5) is 29.9. The molecule has 0 atom stereocenters. The number of fused-ring (bicyclic) bond motifs is 1. The summed E-state index contributed by atoms with van der Waals surface area (Å²) in [6.07, 6.45) is 0. The van der Waals surface area contributed by atoms with Crippen molar-refractivity contribution in [2.75, 3.05) is 4.90 Å². The van der Waals surface area contributed by atoms with Gasteiger partial charge in [-0.05, 0) is 40.9 Å². The van der Waals surface area contributed by atoms with Crippen LogP contribution in [-0.2, 0) is 4.79 Å². The lowest BCUT2D eigenvalue weighted by Gasteiger charge is -2.40. The Kier molecular flexibility index (Phi) is 4.50. The second-order valence-electron chi connectivity index (χ2n) is 7.26. The van der Waals surface area contributed by atoms with E-state index in [0.717, 1.165) is 11.1 Å². The fraction of sp³-hybridized carbons (Fsp3) is 0.182. The predicted molar refractivity (Wildman–Crippen MR) is 108 cm³/mol. The lowest BCUT2D eigenvalue weighted by atomic mass is 9.94. The van der Waals surface area contributed by atoms with Crippen molar-refractivity contribution in [2.24, 2.45) is 0 Å². The smallest absolute Gasteiger partial charge is 0.366 e. The van der Waals surface area contributed by atoms with E-state index in [0.29, 0.717) is 5.75 Å². The molecule has 0 saturated carbocycles. The average molecular weight is 389 g/mol. The summed E-state index contributed by atoms with van der Waals surface area (Å²) < 4.78 is 5.84. The molecule has 0 radical (unpaired) electrons. The van der Waals surface area contributed by atoms with Gasteiger partial charge in [0.05, 0.1) is 6.04 Å². The third-order valence-electron chi connectivity index (χ3n) is 4.83. The summed E-state index contributed by atoms with van der Waals surface area (Å²) in [5, 5.41) is 11.3. The van der Waals surface area contributed by atoms with Crippen LogP contribution in [0.1, 0.15) is 31.0 Å². The minimum Gasteiger partial charge on any atom is -0.472 e. The molecule has 2 aromatic carbocycles. The highest BCUT2D eigenvalue weighted by Crippen LogP contribution is 2.43. The molecule has 0 fully saturated rings. The van der Waals surface area contributed by atoms with Crippen molar-refractivity contribution in [1.29, 1.82) is 0 Å². The Labute approximate surface area is 167 Å². The van der Waals surface area contributed by atoms with E-state index in [9.17, 15) is 14.9 Å². The van der Waals surface area contributed by atoms with E-state index >= 15 is 0 Å². The van der Waals surface area contributed by atoms with Crippen molar-refractivity contribution >= 4 is 17.5 Å². The minimum atomic E-state index is -1.15. The monoisotopic (exact) mass is 389 g/mol. The number of benzene rings is 2. The Bertz CT molecular complexity index is 1030. The predicted octanol–water partition coefficient (Wildman–Crippen LogP) is 4.28. The summed E-state index contributed by atoms with van der Waals surface area (Å²) in [7, 11) is 0. The lowest BCUT2D eigenvalue weighted by molar-refractivity contribution is -0.389. The van der Waals surface area contributed by atoms with Crippen LogP contribution in [0.4, 0.5) is 11.6 Å². The van der Waals surface area contributed by atoms with Crippen LogP contribution < -0.4 is 9.64 Å². The molecule has 0 saturated heterocycles. The first-order valence-corrected chi connectivity index (χ1v) is 9.16. The molecule has 4 rings (SSSR count). The SMILES string of the molecule is CC1(C)Oc2ccc([N+](=O)[O-])nc2N(C(c2ccccc2)c2ccccc2)C1=O. The number of rotatable bonds is 4. The highest BCUT2D eigenvalue weighted by molar-refractivity contribution is 6.02. The molecule has 7 nitrogen and oxygen atoms in total. The van der Waals surface area contributed by atoms with Crippen LogP contribution in [0.2, 0.25) is 0 Å². The van der Waals surface area contributed by atoms with Crippen LogP contribution in [0.5, 0.6) is 5.75 Å². The largest absolute Gasteiger partial charge is 0.472 e. The summed E-state index contributed by atoms with van der Waals surface area (Å²) in [6, 6.07) is 21.3. The molecule has 0 bridgehead atoms. The fourth-order valence-electron chi connectivity index (χ4n) is 3.49. The molecule has 7 heteroatoms. The maximum Gasteiger partial charge on any atom is 0.366 e. The van der Waals surface area contributed by atoms with Crippen molar-refractivity contribution in [2.45, 2.75) is 25.5 Å². The number of aromatic nitrogens is 1. The van der Waals surface area contributed by atoms with E-state index in [-0.39, 0.29) is 17.5 Å². The molecular formula is C22H19N3O4. The van der Waals surface area contributed by atoms with E-state index in [2.05, 4.69) is 4.98 Å². The molecule has 146 valence electrons. The van der Waals surface area contributed by atoms with E-state index in [1.165, 1.54) is 17.0 Å². The van der Waals surface area contributed by atoms with Gasteiger partial charge in [0.25, 0.3) is 11.7 Å². The Morgan fingerprint density at radius 1 is 0.966 bits per heavy atom. The number of carbonyl (C=O) groups is 1. The zero-order chi connectivity index (χ0) is 20.6. The van der Waals surface area contributed by atoms with Gasteiger partial charge < -0.3 is 14.9 Å². The first-order chi connectivity index (χ1) is 13.9. The number of nitrogens with zero attached hydrogens (tertiary/aromatic N) is 3. The van der Waals surface area contributed by atoms with Gasteiger partial charge in [0, 0.05) is 6.07 Å². The molecule has 1 aromatic heterocycles. The molecule has 2 heterocycles. The molecule has 1 aliphatic rings. The molecular weight excluding hydrogens is 370 g/mol. The van der Waals surface area contributed by atoms with E-state index in [4.69, 9.17) is 4.74 Å². The Hall–Kier alpha value is -3.74. The maximum absolute atomic E-state index is 13.5. The third-order valence-corrected chi connectivity index (χ3v) is 4.83.